The summed E-state index contributed by atoms with van der Waals surface area (Å²) >= 11 is 0. The van der Waals surface area contributed by atoms with Crippen LogP contribution >= 0.6 is 0 Å². The van der Waals surface area contributed by atoms with E-state index in [2.05, 4.69) is 10.2 Å². The minimum atomic E-state index is -4.29. The number of alkyl halides is 3. The van der Waals surface area contributed by atoms with Crippen molar-refractivity contribution in [1.82, 2.24) is 10.2 Å². The summed E-state index contributed by atoms with van der Waals surface area (Å²) in [6, 6.07) is 2.53. The van der Waals surface area contributed by atoms with Crippen LogP contribution in [0.4, 0.5) is 19.0 Å². The van der Waals surface area contributed by atoms with Crippen LogP contribution in [0.1, 0.15) is 19.5 Å². The summed E-state index contributed by atoms with van der Waals surface area (Å²) in [6.07, 6.45) is -4.29. The van der Waals surface area contributed by atoms with E-state index in [-0.39, 0.29) is 18.5 Å². The Labute approximate surface area is 97.1 Å². The molecule has 1 aromatic heterocycles. The van der Waals surface area contributed by atoms with Crippen molar-refractivity contribution in [3.8, 4) is 0 Å². The van der Waals surface area contributed by atoms with Crippen LogP contribution in [0.15, 0.2) is 12.1 Å². The van der Waals surface area contributed by atoms with E-state index < -0.39 is 12.7 Å². The lowest BCUT2D eigenvalue weighted by Crippen LogP contribution is -2.39. The number of rotatable bonds is 4. The minimum Gasteiger partial charge on any atom is -0.390 e. The lowest BCUT2D eigenvalue weighted by molar-refractivity contribution is -0.120. The Kier molecular flexibility index (Phi) is 4.28. The standard InChI is InChI=1S/C10H14F3N3O/c1-7(2)16(6-10(11,12)13)9-4-3-8(5-17)14-15-9/h3-4,7,17H,5-6H2,1-2H3. The van der Waals surface area contributed by atoms with Gasteiger partial charge >= 0.3 is 6.18 Å². The monoisotopic (exact) mass is 249 g/mol. The van der Waals surface area contributed by atoms with Gasteiger partial charge in [0.25, 0.3) is 0 Å². The van der Waals surface area contributed by atoms with Crippen LogP contribution in [0.25, 0.3) is 0 Å². The number of nitrogens with zero attached hydrogens (tertiary/aromatic N) is 3. The Hall–Kier alpha value is -1.37. The van der Waals surface area contributed by atoms with Gasteiger partial charge in [-0.05, 0) is 26.0 Å². The summed E-state index contributed by atoms with van der Waals surface area (Å²) in [6.45, 7) is 1.94. The number of anilines is 1. The zero-order valence-electron chi connectivity index (χ0n) is 9.57. The molecule has 0 spiro atoms. The topological polar surface area (TPSA) is 49.2 Å². The molecule has 0 aliphatic heterocycles. The molecule has 0 aliphatic carbocycles. The van der Waals surface area contributed by atoms with Crippen molar-refractivity contribution in [2.24, 2.45) is 0 Å². The largest absolute Gasteiger partial charge is 0.405 e. The summed E-state index contributed by atoms with van der Waals surface area (Å²) in [4.78, 5) is 1.11. The number of hydrogen-bond acceptors (Lipinski definition) is 4. The molecule has 1 N–H and O–H groups in total. The normalized spacial score (nSPS) is 11.9. The molecule has 0 radical (unpaired) electrons. The van der Waals surface area contributed by atoms with Gasteiger partial charge < -0.3 is 10.0 Å². The van der Waals surface area contributed by atoms with Gasteiger partial charge in [0.05, 0.1) is 12.3 Å². The molecule has 4 nitrogen and oxygen atoms in total. The highest BCUT2D eigenvalue weighted by Gasteiger charge is 2.32. The Bertz CT molecular complexity index is 351. The first-order valence-corrected chi connectivity index (χ1v) is 5.10. The summed E-state index contributed by atoms with van der Waals surface area (Å²) in [5, 5.41) is 16.1. The van der Waals surface area contributed by atoms with Crippen molar-refractivity contribution in [2.75, 3.05) is 11.4 Å². The molecular formula is C10H14F3N3O. The molecule has 0 saturated carbocycles. The second-order valence-electron chi connectivity index (χ2n) is 3.88. The smallest absolute Gasteiger partial charge is 0.390 e. The number of aliphatic hydroxyl groups excluding tert-OH is 1. The molecule has 0 amide bonds. The van der Waals surface area contributed by atoms with Crippen LogP contribution in [-0.2, 0) is 6.61 Å². The first-order valence-electron chi connectivity index (χ1n) is 5.10. The van der Waals surface area contributed by atoms with Crippen LogP contribution in [-0.4, -0.2) is 34.1 Å². The molecule has 1 aromatic rings. The molecule has 96 valence electrons. The number of hydrogen-bond donors (Lipinski definition) is 1. The maximum absolute atomic E-state index is 12.4. The van der Waals surface area contributed by atoms with Crippen LogP contribution < -0.4 is 4.90 Å². The van der Waals surface area contributed by atoms with Crippen LogP contribution in [0.2, 0.25) is 0 Å². The zero-order chi connectivity index (χ0) is 13.1. The Balaban J connectivity index is 2.89. The average molecular weight is 249 g/mol. The highest BCUT2D eigenvalue weighted by atomic mass is 19.4. The molecule has 0 saturated heterocycles. The van der Waals surface area contributed by atoms with Gasteiger partial charge in [-0.3, -0.25) is 0 Å². The van der Waals surface area contributed by atoms with Crippen molar-refractivity contribution in [3.05, 3.63) is 17.8 Å². The van der Waals surface area contributed by atoms with Gasteiger partial charge in [-0.2, -0.15) is 18.3 Å². The fraction of sp³-hybridized carbons (Fsp3) is 0.600. The van der Waals surface area contributed by atoms with E-state index in [0.717, 1.165) is 4.90 Å². The van der Waals surface area contributed by atoms with Crippen LogP contribution in [0.3, 0.4) is 0 Å². The number of aromatic nitrogens is 2. The van der Waals surface area contributed by atoms with E-state index in [9.17, 15) is 13.2 Å². The van der Waals surface area contributed by atoms with Gasteiger partial charge in [-0.25, -0.2) is 0 Å². The molecule has 0 aromatic carbocycles. The first kappa shape index (κ1) is 13.7. The molecule has 1 heterocycles. The molecule has 0 bridgehead atoms. The Morgan fingerprint density at radius 2 is 1.94 bits per heavy atom. The van der Waals surface area contributed by atoms with Gasteiger partial charge in [0, 0.05) is 6.04 Å². The highest BCUT2D eigenvalue weighted by Crippen LogP contribution is 2.22. The zero-order valence-corrected chi connectivity index (χ0v) is 9.57. The van der Waals surface area contributed by atoms with Gasteiger partial charge in [0.2, 0.25) is 0 Å². The maximum Gasteiger partial charge on any atom is 0.405 e. The lowest BCUT2D eigenvalue weighted by atomic mass is 10.3. The van der Waals surface area contributed by atoms with E-state index in [1.807, 2.05) is 0 Å². The first-order chi connectivity index (χ1) is 7.83. The van der Waals surface area contributed by atoms with E-state index in [1.54, 1.807) is 13.8 Å². The third kappa shape index (κ3) is 4.18. The lowest BCUT2D eigenvalue weighted by Gasteiger charge is -2.28. The maximum atomic E-state index is 12.4. The minimum absolute atomic E-state index is 0.148. The molecule has 0 atom stereocenters. The quantitative estimate of drug-likeness (QED) is 0.883. The summed E-state index contributed by atoms with van der Waals surface area (Å²) in [7, 11) is 0. The van der Waals surface area contributed by atoms with E-state index >= 15 is 0 Å². The second-order valence-corrected chi connectivity index (χ2v) is 3.88. The third-order valence-electron chi connectivity index (χ3n) is 2.13. The average Bonchev–Trinajstić information content (AvgIpc) is 2.25. The Morgan fingerprint density at radius 1 is 1.29 bits per heavy atom. The van der Waals surface area contributed by atoms with E-state index in [4.69, 9.17) is 5.11 Å². The highest BCUT2D eigenvalue weighted by molar-refractivity contribution is 5.38. The molecule has 0 aliphatic rings. The predicted molar refractivity (Wildman–Crippen MR) is 56.5 cm³/mol. The van der Waals surface area contributed by atoms with Crippen LogP contribution in [0.5, 0.6) is 0 Å². The van der Waals surface area contributed by atoms with Gasteiger partial charge in [0.1, 0.15) is 6.54 Å². The SMILES string of the molecule is CC(C)N(CC(F)(F)F)c1ccc(CO)nn1. The number of aliphatic hydroxyl groups is 1. The Morgan fingerprint density at radius 3 is 2.29 bits per heavy atom. The van der Waals surface area contributed by atoms with E-state index in [1.165, 1.54) is 12.1 Å². The molecule has 17 heavy (non-hydrogen) atoms. The van der Waals surface area contributed by atoms with Crippen LogP contribution in [0, 0.1) is 0 Å². The molecule has 0 fully saturated rings. The molecule has 1 rings (SSSR count). The van der Waals surface area contributed by atoms with E-state index in [0.29, 0.717) is 5.69 Å². The molecule has 7 heteroatoms. The van der Waals surface area contributed by atoms with Crippen molar-refractivity contribution >= 4 is 5.82 Å². The van der Waals surface area contributed by atoms with Gasteiger partial charge in [0.15, 0.2) is 5.82 Å². The summed E-state index contributed by atoms with van der Waals surface area (Å²) in [5.41, 5.74) is 0.324. The molecule has 0 unspecified atom stereocenters. The van der Waals surface area contributed by atoms with Crippen molar-refractivity contribution in [2.45, 2.75) is 32.7 Å². The molecular weight excluding hydrogens is 235 g/mol. The van der Waals surface area contributed by atoms with Gasteiger partial charge in [-0.15, -0.1) is 5.10 Å². The summed E-state index contributed by atoms with van der Waals surface area (Å²) in [5.74, 6) is 0.148. The fourth-order valence-corrected chi connectivity index (χ4v) is 1.31. The van der Waals surface area contributed by atoms with Crippen molar-refractivity contribution in [3.63, 3.8) is 0 Å². The fourth-order valence-electron chi connectivity index (χ4n) is 1.31. The van der Waals surface area contributed by atoms with Crippen molar-refractivity contribution < 1.29 is 18.3 Å². The summed E-state index contributed by atoms with van der Waals surface area (Å²) < 4.78 is 37.1. The second kappa shape index (κ2) is 5.31. The predicted octanol–water partition coefficient (Wildman–Crippen LogP) is 1.75. The number of halogens is 3. The van der Waals surface area contributed by atoms with Crippen molar-refractivity contribution in [1.29, 1.82) is 0 Å². The van der Waals surface area contributed by atoms with Gasteiger partial charge in [-0.1, -0.05) is 0 Å². The third-order valence-corrected chi connectivity index (χ3v) is 2.13.